The number of para-hydroxylation sites is 2. The van der Waals surface area contributed by atoms with Crippen molar-refractivity contribution >= 4 is 0 Å². The summed E-state index contributed by atoms with van der Waals surface area (Å²) in [4.78, 5) is 2.20. The molecule has 5 nitrogen and oxygen atoms in total. The molecule has 1 atom stereocenters. The second-order valence-corrected chi connectivity index (χ2v) is 7.45. The van der Waals surface area contributed by atoms with Crippen molar-refractivity contribution in [2.45, 2.75) is 46.3 Å². The maximum absolute atomic E-state index is 14.4. The Bertz CT molecular complexity index is 943. The van der Waals surface area contributed by atoms with Crippen LogP contribution >= 0.6 is 0 Å². The van der Waals surface area contributed by atoms with Crippen LogP contribution in [0.15, 0.2) is 54.6 Å². The molecule has 1 heterocycles. The van der Waals surface area contributed by atoms with Crippen molar-refractivity contribution in [1.82, 2.24) is 14.7 Å². The SMILES string of the molecule is CCCN(Cc1c(C)nn(-c2ccccc2)c1Oc1ccccc1F)C[C@@H](O)CC. The number of benzene rings is 2. The molecule has 3 aromatic rings. The zero-order chi connectivity index (χ0) is 21.5. The van der Waals surface area contributed by atoms with Gasteiger partial charge in [-0.1, -0.05) is 44.2 Å². The van der Waals surface area contributed by atoms with Gasteiger partial charge in [-0.15, -0.1) is 0 Å². The molecule has 1 N–H and O–H groups in total. The van der Waals surface area contributed by atoms with Gasteiger partial charge in [0.15, 0.2) is 11.6 Å². The maximum atomic E-state index is 14.4. The molecule has 0 spiro atoms. The van der Waals surface area contributed by atoms with Crippen LogP contribution in [-0.2, 0) is 6.54 Å². The van der Waals surface area contributed by atoms with E-state index in [9.17, 15) is 9.50 Å². The number of aliphatic hydroxyl groups is 1. The number of hydrogen-bond acceptors (Lipinski definition) is 4. The standard InChI is InChI=1S/C24H30FN3O2/c1-4-15-27(16-20(29)5-2)17-21-18(3)26-28(19-11-7-6-8-12-19)24(21)30-23-14-10-9-13-22(23)25/h6-14,20,29H,4-5,15-17H2,1-3H3/t20-/m0/s1. The summed E-state index contributed by atoms with van der Waals surface area (Å²) in [6.45, 7) is 7.99. The van der Waals surface area contributed by atoms with Crippen LogP contribution in [0.3, 0.4) is 0 Å². The van der Waals surface area contributed by atoms with E-state index in [-0.39, 0.29) is 5.75 Å². The Hall–Kier alpha value is -2.70. The molecule has 0 amide bonds. The van der Waals surface area contributed by atoms with Gasteiger partial charge >= 0.3 is 0 Å². The summed E-state index contributed by atoms with van der Waals surface area (Å²) < 4.78 is 22.2. The van der Waals surface area contributed by atoms with Gasteiger partial charge in [0.05, 0.1) is 23.0 Å². The molecule has 2 aromatic carbocycles. The molecule has 30 heavy (non-hydrogen) atoms. The molecule has 0 radical (unpaired) electrons. The molecule has 0 aliphatic heterocycles. The van der Waals surface area contributed by atoms with Crippen molar-refractivity contribution in [1.29, 1.82) is 0 Å². The third-order valence-electron chi connectivity index (χ3n) is 5.04. The first-order valence-electron chi connectivity index (χ1n) is 10.5. The Balaban J connectivity index is 2.03. The van der Waals surface area contributed by atoms with Gasteiger partial charge in [0, 0.05) is 13.1 Å². The molecule has 0 bridgehead atoms. The number of aliphatic hydroxyl groups excluding tert-OH is 1. The first kappa shape index (κ1) is 22.0. The van der Waals surface area contributed by atoms with Crippen molar-refractivity contribution in [3.05, 3.63) is 71.7 Å². The minimum Gasteiger partial charge on any atom is -0.435 e. The summed E-state index contributed by atoms with van der Waals surface area (Å²) in [6, 6.07) is 16.1. The van der Waals surface area contributed by atoms with Gasteiger partial charge in [0.25, 0.3) is 0 Å². The van der Waals surface area contributed by atoms with E-state index >= 15 is 0 Å². The zero-order valence-electron chi connectivity index (χ0n) is 17.9. The lowest BCUT2D eigenvalue weighted by Gasteiger charge is -2.24. The smallest absolute Gasteiger partial charge is 0.227 e. The van der Waals surface area contributed by atoms with Gasteiger partial charge in [-0.3, -0.25) is 4.90 Å². The highest BCUT2D eigenvalue weighted by molar-refractivity contribution is 5.43. The van der Waals surface area contributed by atoms with Crippen LogP contribution in [0.5, 0.6) is 11.6 Å². The average Bonchev–Trinajstić information content (AvgIpc) is 3.05. The van der Waals surface area contributed by atoms with Crippen LogP contribution in [0.4, 0.5) is 4.39 Å². The van der Waals surface area contributed by atoms with E-state index in [1.54, 1.807) is 22.9 Å². The summed E-state index contributed by atoms with van der Waals surface area (Å²) in [5.41, 5.74) is 2.55. The maximum Gasteiger partial charge on any atom is 0.227 e. The van der Waals surface area contributed by atoms with Crippen LogP contribution in [0.2, 0.25) is 0 Å². The van der Waals surface area contributed by atoms with Gasteiger partial charge in [-0.2, -0.15) is 5.10 Å². The Morgan fingerprint density at radius 1 is 1.10 bits per heavy atom. The topological polar surface area (TPSA) is 50.5 Å². The summed E-state index contributed by atoms with van der Waals surface area (Å²) in [6.07, 6.45) is 1.27. The molecule has 160 valence electrons. The van der Waals surface area contributed by atoms with E-state index in [0.717, 1.165) is 29.9 Å². The van der Waals surface area contributed by atoms with Gasteiger partial charge in [-0.25, -0.2) is 9.07 Å². The normalized spacial score (nSPS) is 12.3. The van der Waals surface area contributed by atoms with Crippen LogP contribution in [0.25, 0.3) is 5.69 Å². The number of halogens is 1. The third-order valence-corrected chi connectivity index (χ3v) is 5.04. The molecule has 0 saturated carbocycles. The Kier molecular flexibility index (Phi) is 7.60. The lowest BCUT2D eigenvalue weighted by atomic mass is 10.2. The summed E-state index contributed by atoms with van der Waals surface area (Å²) in [5, 5.41) is 14.9. The van der Waals surface area contributed by atoms with E-state index in [2.05, 4.69) is 11.8 Å². The number of ether oxygens (including phenoxy) is 1. The molecule has 0 unspecified atom stereocenters. The number of aryl methyl sites for hydroxylation is 1. The fourth-order valence-corrected chi connectivity index (χ4v) is 3.40. The van der Waals surface area contributed by atoms with E-state index in [1.807, 2.05) is 44.2 Å². The number of nitrogens with zero attached hydrogens (tertiary/aromatic N) is 3. The highest BCUT2D eigenvalue weighted by atomic mass is 19.1. The van der Waals surface area contributed by atoms with Crippen LogP contribution in [-0.4, -0.2) is 39.0 Å². The quantitative estimate of drug-likeness (QED) is 0.505. The van der Waals surface area contributed by atoms with Crippen molar-refractivity contribution < 1.29 is 14.2 Å². The first-order valence-corrected chi connectivity index (χ1v) is 10.5. The molecule has 0 fully saturated rings. The largest absolute Gasteiger partial charge is 0.435 e. The highest BCUT2D eigenvalue weighted by Gasteiger charge is 2.22. The average molecular weight is 412 g/mol. The Morgan fingerprint density at radius 3 is 2.47 bits per heavy atom. The molecular formula is C24H30FN3O2. The predicted octanol–water partition coefficient (Wildman–Crippen LogP) is 5.10. The molecular weight excluding hydrogens is 381 g/mol. The van der Waals surface area contributed by atoms with Gasteiger partial charge < -0.3 is 9.84 Å². The molecule has 6 heteroatoms. The van der Waals surface area contributed by atoms with Crippen LogP contribution < -0.4 is 4.74 Å². The van der Waals surface area contributed by atoms with Crippen LogP contribution in [0, 0.1) is 12.7 Å². The van der Waals surface area contributed by atoms with E-state index < -0.39 is 11.9 Å². The van der Waals surface area contributed by atoms with E-state index in [4.69, 9.17) is 9.84 Å². The predicted molar refractivity (Wildman–Crippen MR) is 117 cm³/mol. The van der Waals surface area contributed by atoms with Crippen molar-refractivity contribution in [3.8, 4) is 17.3 Å². The monoisotopic (exact) mass is 411 g/mol. The number of hydrogen-bond donors (Lipinski definition) is 1. The highest BCUT2D eigenvalue weighted by Crippen LogP contribution is 2.32. The molecule has 0 saturated heterocycles. The minimum atomic E-state index is -0.422. The second kappa shape index (κ2) is 10.4. The van der Waals surface area contributed by atoms with Gasteiger partial charge in [0.2, 0.25) is 5.88 Å². The fraction of sp³-hybridized carbons (Fsp3) is 0.375. The number of rotatable bonds is 10. The van der Waals surface area contributed by atoms with E-state index in [1.165, 1.54) is 6.07 Å². The zero-order valence-corrected chi connectivity index (χ0v) is 17.9. The fourth-order valence-electron chi connectivity index (χ4n) is 3.40. The molecule has 1 aromatic heterocycles. The van der Waals surface area contributed by atoms with Gasteiger partial charge in [0.1, 0.15) is 0 Å². The summed E-state index contributed by atoms with van der Waals surface area (Å²) >= 11 is 0. The second-order valence-electron chi connectivity index (χ2n) is 7.45. The third kappa shape index (κ3) is 5.26. The van der Waals surface area contributed by atoms with Crippen molar-refractivity contribution in [2.24, 2.45) is 0 Å². The number of aromatic nitrogens is 2. The molecule has 0 aliphatic carbocycles. The molecule has 3 rings (SSSR count). The minimum absolute atomic E-state index is 0.159. The summed E-state index contributed by atoms with van der Waals surface area (Å²) in [5.74, 6) is 0.232. The Labute approximate surface area is 177 Å². The molecule has 0 aliphatic rings. The lowest BCUT2D eigenvalue weighted by molar-refractivity contribution is 0.105. The Morgan fingerprint density at radius 2 is 1.80 bits per heavy atom. The first-order chi connectivity index (χ1) is 14.5. The van der Waals surface area contributed by atoms with Crippen LogP contribution in [0.1, 0.15) is 37.9 Å². The van der Waals surface area contributed by atoms with E-state index in [0.29, 0.717) is 25.4 Å². The van der Waals surface area contributed by atoms with Gasteiger partial charge in [-0.05, 0) is 50.6 Å². The summed E-state index contributed by atoms with van der Waals surface area (Å²) in [7, 11) is 0. The van der Waals surface area contributed by atoms with Crippen molar-refractivity contribution in [2.75, 3.05) is 13.1 Å². The van der Waals surface area contributed by atoms with Crippen molar-refractivity contribution in [3.63, 3.8) is 0 Å². The lowest BCUT2D eigenvalue weighted by Crippen LogP contribution is -2.32.